The average molecular weight is 265 g/mol. The standard InChI is InChI=1S/C14H14ClNO2/c1-10-14(13(17)7-8-16(10)2)18-9-11-3-5-12(15)6-4-11/h3-8H,9H2,1-2H3/p+1. The van der Waals surface area contributed by atoms with E-state index in [1.807, 2.05) is 42.8 Å². The van der Waals surface area contributed by atoms with Crippen LogP contribution in [0.3, 0.4) is 0 Å². The van der Waals surface area contributed by atoms with Gasteiger partial charge in [-0.3, -0.25) is 0 Å². The maximum absolute atomic E-state index is 9.78. The molecule has 1 N–H and O–H groups in total. The number of rotatable bonds is 3. The summed E-state index contributed by atoms with van der Waals surface area (Å²) >= 11 is 5.82. The Kier molecular flexibility index (Phi) is 3.72. The van der Waals surface area contributed by atoms with Crippen molar-refractivity contribution >= 4 is 11.6 Å². The minimum absolute atomic E-state index is 0.152. The van der Waals surface area contributed by atoms with Crippen LogP contribution in [-0.2, 0) is 13.7 Å². The highest BCUT2D eigenvalue weighted by atomic mass is 35.5. The molecule has 0 aliphatic carbocycles. The van der Waals surface area contributed by atoms with E-state index in [2.05, 4.69) is 0 Å². The molecule has 2 rings (SSSR count). The minimum Gasteiger partial charge on any atom is -0.504 e. The van der Waals surface area contributed by atoms with Crippen molar-refractivity contribution in [1.29, 1.82) is 0 Å². The van der Waals surface area contributed by atoms with E-state index in [1.54, 1.807) is 12.3 Å². The Labute approximate surface area is 111 Å². The Hall–Kier alpha value is -1.74. The number of ether oxygens (including phenoxy) is 1. The molecule has 1 aromatic carbocycles. The summed E-state index contributed by atoms with van der Waals surface area (Å²) in [5.41, 5.74) is 1.88. The second kappa shape index (κ2) is 5.27. The van der Waals surface area contributed by atoms with Crippen LogP contribution in [0, 0.1) is 6.92 Å². The van der Waals surface area contributed by atoms with E-state index < -0.39 is 0 Å². The fourth-order valence-corrected chi connectivity index (χ4v) is 1.76. The van der Waals surface area contributed by atoms with Gasteiger partial charge in [0.2, 0.25) is 11.4 Å². The Morgan fingerprint density at radius 3 is 2.56 bits per heavy atom. The quantitative estimate of drug-likeness (QED) is 0.865. The third kappa shape index (κ3) is 2.74. The molecule has 0 saturated heterocycles. The second-order valence-corrected chi connectivity index (χ2v) is 4.58. The number of aryl methyl sites for hydroxylation is 1. The molecule has 0 amide bonds. The first-order valence-corrected chi connectivity index (χ1v) is 6.01. The van der Waals surface area contributed by atoms with Gasteiger partial charge in [-0.05, 0) is 17.7 Å². The Balaban J connectivity index is 2.15. The maximum atomic E-state index is 9.78. The Bertz CT molecular complexity index is 552. The molecule has 0 radical (unpaired) electrons. The van der Waals surface area contributed by atoms with E-state index in [0.717, 1.165) is 11.3 Å². The molecule has 0 spiro atoms. The molecule has 3 nitrogen and oxygen atoms in total. The highest BCUT2D eigenvalue weighted by Gasteiger charge is 2.14. The van der Waals surface area contributed by atoms with Crippen LogP contribution in [0.5, 0.6) is 11.5 Å². The van der Waals surface area contributed by atoms with E-state index in [-0.39, 0.29) is 5.75 Å². The van der Waals surface area contributed by atoms with Gasteiger partial charge in [0, 0.05) is 18.0 Å². The number of hydrogen-bond donors (Lipinski definition) is 1. The lowest BCUT2D eigenvalue weighted by molar-refractivity contribution is -0.678. The van der Waals surface area contributed by atoms with Gasteiger partial charge in [-0.15, -0.1) is 0 Å². The van der Waals surface area contributed by atoms with Gasteiger partial charge in [0.05, 0.1) is 0 Å². The molecule has 0 unspecified atom stereocenters. The van der Waals surface area contributed by atoms with Crippen LogP contribution < -0.4 is 9.30 Å². The summed E-state index contributed by atoms with van der Waals surface area (Å²) in [7, 11) is 1.91. The summed E-state index contributed by atoms with van der Waals surface area (Å²) < 4.78 is 7.56. The van der Waals surface area contributed by atoms with Crippen molar-refractivity contribution in [1.82, 2.24) is 0 Å². The highest BCUT2D eigenvalue weighted by Crippen LogP contribution is 2.27. The van der Waals surface area contributed by atoms with Gasteiger partial charge in [-0.25, -0.2) is 4.57 Å². The average Bonchev–Trinajstić information content (AvgIpc) is 2.36. The zero-order chi connectivity index (χ0) is 13.1. The minimum atomic E-state index is 0.152. The molecule has 0 aliphatic heterocycles. The van der Waals surface area contributed by atoms with Crippen LogP contribution in [0.4, 0.5) is 0 Å². The smallest absolute Gasteiger partial charge is 0.229 e. The molecule has 4 heteroatoms. The molecule has 0 fully saturated rings. The Morgan fingerprint density at radius 2 is 1.89 bits per heavy atom. The number of halogens is 1. The first-order chi connectivity index (χ1) is 8.58. The van der Waals surface area contributed by atoms with Crippen molar-refractivity contribution in [3.8, 4) is 11.5 Å². The van der Waals surface area contributed by atoms with Crippen LogP contribution in [0.2, 0.25) is 5.02 Å². The third-order valence-corrected chi connectivity index (χ3v) is 3.09. The van der Waals surface area contributed by atoms with Crippen molar-refractivity contribution < 1.29 is 14.4 Å². The molecular weight excluding hydrogens is 250 g/mol. The van der Waals surface area contributed by atoms with Crippen LogP contribution >= 0.6 is 11.6 Å². The molecule has 0 bridgehead atoms. The molecule has 0 atom stereocenters. The lowest BCUT2D eigenvalue weighted by atomic mass is 10.2. The highest BCUT2D eigenvalue weighted by molar-refractivity contribution is 6.30. The zero-order valence-electron chi connectivity index (χ0n) is 10.4. The van der Waals surface area contributed by atoms with Crippen LogP contribution in [-0.4, -0.2) is 5.11 Å². The van der Waals surface area contributed by atoms with Gasteiger partial charge in [0.25, 0.3) is 0 Å². The van der Waals surface area contributed by atoms with Gasteiger partial charge in [0.15, 0.2) is 11.9 Å². The number of aromatic nitrogens is 1. The molecule has 0 saturated carbocycles. The van der Waals surface area contributed by atoms with E-state index >= 15 is 0 Å². The summed E-state index contributed by atoms with van der Waals surface area (Å²) in [5, 5.41) is 10.5. The van der Waals surface area contributed by atoms with Crippen molar-refractivity contribution in [2.24, 2.45) is 7.05 Å². The van der Waals surface area contributed by atoms with E-state index in [4.69, 9.17) is 16.3 Å². The van der Waals surface area contributed by atoms with Gasteiger partial charge in [-0.1, -0.05) is 23.7 Å². The molecule has 0 aliphatic rings. The molecular formula is C14H15ClNO2+. The number of hydrogen-bond acceptors (Lipinski definition) is 2. The summed E-state index contributed by atoms with van der Waals surface area (Å²) in [6.07, 6.45) is 1.79. The summed E-state index contributed by atoms with van der Waals surface area (Å²) in [4.78, 5) is 0. The van der Waals surface area contributed by atoms with Crippen molar-refractivity contribution in [3.05, 3.63) is 52.8 Å². The van der Waals surface area contributed by atoms with Gasteiger partial charge >= 0.3 is 0 Å². The van der Waals surface area contributed by atoms with Gasteiger partial charge < -0.3 is 9.84 Å². The Morgan fingerprint density at radius 1 is 1.22 bits per heavy atom. The SMILES string of the molecule is Cc1c(OCc2ccc(Cl)cc2)c(O)cc[n+]1C. The normalized spacial score (nSPS) is 10.4. The van der Waals surface area contributed by atoms with Crippen molar-refractivity contribution in [2.45, 2.75) is 13.5 Å². The van der Waals surface area contributed by atoms with E-state index in [0.29, 0.717) is 17.4 Å². The zero-order valence-corrected chi connectivity index (χ0v) is 11.1. The van der Waals surface area contributed by atoms with Crippen LogP contribution in [0.1, 0.15) is 11.3 Å². The van der Waals surface area contributed by atoms with E-state index in [9.17, 15) is 5.11 Å². The summed E-state index contributed by atoms with van der Waals surface area (Å²) in [6.45, 7) is 2.30. The van der Waals surface area contributed by atoms with Crippen LogP contribution in [0.25, 0.3) is 0 Å². The summed E-state index contributed by atoms with van der Waals surface area (Å²) in [5.74, 6) is 0.662. The predicted octanol–water partition coefficient (Wildman–Crippen LogP) is 2.76. The van der Waals surface area contributed by atoms with Crippen LogP contribution in [0.15, 0.2) is 36.5 Å². The molecule has 2 aromatic rings. The lowest BCUT2D eigenvalue weighted by Crippen LogP contribution is -2.31. The van der Waals surface area contributed by atoms with Crippen molar-refractivity contribution in [3.63, 3.8) is 0 Å². The van der Waals surface area contributed by atoms with Crippen molar-refractivity contribution in [2.75, 3.05) is 0 Å². The van der Waals surface area contributed by atoms with Gasteiger partial charge in [0.1, 0.15) is 13.7 Å². The lowest BCUT2D eigenvalue weighted by Gasteiger charge is -2.09. The first-order valence-electron chi connectivity index (χ1n) is 5.63. The molecule has 1 heterocycles. The second-order valence-electron chi connectivity index (χ2n) is 4.14. The number of benzene rings is 1. The third-order valence-electron chi connectivity index (χ3n) is 2.84. The predicted molar refractivity (Wildman–Crippen MR) is 69.8 cm³/mol. The largest absolute Gasteiger partial charge is 0.504 e. The fraction of sp³-hybridized carbons (Fsp3) is 0.214. The molecule has 1 aromatic heterocycles. The van der Waals surface area contributed by atoms with Gasteiger partial charge in [-0.2, -0.15) is 0 Å². The van der Waals surface area contributed by atoms with E-state index in [1.165, 1.54) is 0 Å². The number of aromatic hydroxyl groups is 1. The summed E-state index contributed by atoms with van der Waals surface area (Å²) in [6, 6.07) is 9.05. The fourth-order valence-electron chi connectivity index (χ4n) is 1.63. The number of nitrogens with zero attached hydrogens (tertiary/aromatic N) is 1. The molecule has 18 heavy (non-hydrogen) atoms. The monoisotopic (exact) mass is 264 g/mol. The first kappa shape index (κ1) is 12.7. The molecule has 94 valence electrons. The maximum Gasteiger partial charge on any atom is 0.229 e. The topological polar surface area (TPSA) is 33.3 Å². The number of pyridine rings is 1.